The molecule has 0 spiro atoms. The third-order valence-corrected chi connectivity index (χ3v) is 1.63. The first-order valence-corrected chi connectivity index (χ1v) is 3.82. The predicted molar refractivity (Wildman–Crippen MR) is 38.9 cm³/mol. The SMILES string of the molecule is N#Cc1cc(F)c(C(F)(F)F)nc1C(F)(F)F. The molecular weight excluding hydrogens is 257 g/mol. The van der Waals surface area contributed by atoms with Crippen LogP contribution < -0.4 is 0 Å². The average molecular weight is 258 g/mol. The van der Waals surface area contributed by atoms with Crippen LogP contribution in [0.5, 0.6) is 0 Å². The summed E-state index contributed by atoms with van der Waals surface area (Å²) in [6, 6.07) is 0.792. The zero-order valence-electron chi connectivity index (χ0n) is 7.62. The number of nitrogens with zero attached hydrogens (tertiary/aromatic N) is 2. The first-order valence-electron chi connectivity index (χ1n) is 3.82. The van der Waals surface area contributed by atoms with Crippen LogP contribution in [0, 0.1) is 17.1 Å². The highest BCUT2D eigenvalue weighted by atomic mass is 19.4. The lowest BCUT2D eigenvalue weighted by Crippen LogP contribution is -2.18. The number of rotatable bonds is 0. The number of halogens is 7. The van der Waals surface area contributed by atoms with Crippen LogP contribution in [0.4, 0.5) is 30.7 Å². The first kappa shape index (κ1) is 13.2. The van der Waals surface area contributed by atoms with Crippen molar-refractivity contribution in [1.82, 2.24) is 4.98 Å². The van der Waals surface area contributed by atoms with Crippen LogP contribution >= 0.6 is 0 Å². The van der Waals surface area contributed by atoms with E-state index in [1.54, 1.807) is 0 Å². The fraction of sp³-hybridized carbons (Fsp3) is 0.250. The number of hydrogen-bond donors (Lipinski definition) is 0. The summed E-state index contributed by atoms with van der Waals surface area (Å²) in [5.41, 5.74) is -5.67. The van der Waals surface area contributed by atoms with Gasteiger partial charge in [0.2, 0.25) is 0 Å². The second-order valence-corrected chi connectivity index (χ2v) is 2.82. The molecule has 1 aromatic rings. The Kier molecular flexibility index (Phi) is 3.01. The zero-order valence-corrected chi connectivity index (χ0v) is 7.62. The molecule has 0 amide bonds. The summed E-state index contributed by atoms with van der Waals surface area (Å²) < 4.78 is 85.8. The summed E-state index contributed by atoms with van der Waals surface area (Å²) in [5, 5.41) is 8.26. The van der Waals surface area contributed by atoms with E-state index in [0.29, 0.717) is 0 Å². The molecule has 9 heteroatoms. The van der Waals surface area contributed by atoms with Crippen LogP contribution in [0.25, 0.3) is 0 Å². The van der Waals surface area contributed by atoms with Crippen molar-refractivity contribution in [3.63, 3.8) is 0 Å². The Labute approximate surface area is 89.3 Å². The molecule has 0 aromatic carbocycles. The molecule has 0 aliphatic heterocycles. The minimum atomic E-state index is -5.36. The summed E-state index contributed by atoms with van der Waals surface area (Å²) in [6.07, 6.45) is -10.6. The normalized spacial score (nSPS) is 12.4. The Balaban J connectivity index is 3.57. The van der Waals surface area contributed by atoms with Crippen molar-refractivity contribution in [2.24, 2.45) is 0 Å². The lowest BCUT2D eigenvalue weighted by Gasteiger charge is -2.12. The van der Waals surface area contributed by atoms with Gasteiger partial charge in [0, 0.05) is 0 Å². The van der Waals surface area contributed by atoms with E-state index in [4.69, 9.17) is 5.26 Å². The molecule has 0 aliphatic rings. The fourth-order valence-corrected chi connectivity index (χ4v) is 0.989. The number of aromatic nitrogens is 1. The van der Waals surface area contributed by atoms with Gasteiger partial charge in [0.15, 0.2) is 17.2 Å². The molecule has 0 radical (unpaired) electrons. The molecule has 0 saturated heterocycles. The summed E-state index contributed by atoms with van der Waals surface area (Å²) in [6.45, 7) is 0. The zero-order chi connectivity index (χ0) is 13.4. The van der Waals surface area contributed by atoms with E-state index < -0.39 is 35.1 Å². The second kappa shape index (κ2) is 3.87. The molecule has 1 rings (SSSR count). The summed E-state index contributed by atoms with van der Waals surface area (Å²) in [7, 11) is 0. The lowest BCUT2D eigenvalue weighted by molar-refractivity contribution is -0.151. The molecule has 0 atom stereocenters. The fourth-order valence-electron chi connectivity index (χ4n) is 0.989. The molecular formula is C8HF7N2. The number of nitriles is 1. The Hall–Kier alpha value is -1.85. The van der Waals surface area contributed by atoms with Gasteiger partial charge in [-0.05, 0) is 6.07 Å². The van der Waals surface area contributed by atoms with E-state index >= 15 is 0 Å². The number of pyridine rings is 1. The molecule has 1 heterocycles. The first-order chi connectivity index (χ1) is 7.57. The third-order valence-electron chi connectivity index (χ3n) is 1.63. The standard InChI is InChI=1S/C8HF7N2/c9-4-1-3(2-16)5(7(10,11)12)17-6(4)8(13,14)15/h1H. The van der Waals surface area contributed by atoms with E-state index in [1.165, 1.54) is 0 Å². The van der Waals surface area contributed by atoms with Gasteiger partial charge >= 0.3 is 12.4 Å². The summed E-state index contributed by atoms with van der Waals surface area (Å²) >= 11 is 0. The van der Waals surface area contributed by atoms with Gasteiger partial charge in [-0.3, -0.25) is 0 Å². The quantitative estimate of drug-likeness (QED) is 0.670. The third kappa shape index (κ3) is 2.64. The highest BCUT2D eigenvalue weighted by molar-refractivity contribution is 5.37. The summed E-state index contributed by atoms with van der Waals surface area (Å²) in [5.74, 6) is -2.03. The van der Waals surface area contributed by atoms with Crippen LogP contribution in [-0.4, -0.2) is 4.98 Å². The maximum Gasteiger partial charge on any atom is 0.436 e. The highest BCUT2D eigenvalue weighted by Gasteiger charge is 2.42. The van der Waals surface area contributed by atoms with Crippen molar-refractivity contribution in [2.45, 2.75) is 12.4 Å². The molecule has 1 aromatic heterocycles. The van der Waals surface area contributed by atoms with Gasteiger partial charge in [-0.25, -0.2) is 9.37 Å². The monoisotopic (exact) mass is 258 g/mol. The molecule has 2 nitrogen and oxygen atoms in total. The van der Waals surface area contributed by atoms with Crippen molar-refractivity contribution >= 4 is 0 Å². The van der Waals surface area contributed by atoms with Crippen LogP contribution in [0.1, 0.15) is 17.0 Å². The van der Waals surface area contributed by atoms with E-state index in [2.05, 4.69) is 4.98 Å². The van der Waals surface area contributed by atoms with E-state index in [1.807, 2.05) is 0 Å². The Morgan fingerprint density at radius 1 is 1.00 bits per heavy atom. The van der Waals surface area contributed by atoms with E-state index in [0.717, 1.165) is 6.07 Å². The van der Waals surface area contributed by atoms with Gasteiger partial charge in [0.25, 0.3) is 0 Å². The Bertz CT molecular complexity index is 480. The van der Waals surface area contributed by atoms with Crippen molar-refractivity contribution in [3.05, 3.63) is 28.8 Å². The van der Waals surface area contributed by atoms with Gasteiger partial charge in [-0.2, -0.15) is 31.6 Å². The number of hydrogen-bond acceptors (Lipinski definition) is 2. The van der Waals surface area contributed by atoms with Gasteiger partial charge < -0.3 is 0 Å². The molecule has 0 N–H and O–H groups in total. The highest BCUT2D eigenvalue weighted by Crippen LogP contribution is 2.35. The van der Waals surface area contributed by atoms with Crippen molar-refractivity contribution in [1.29, 1.82) is 5.26 Å². The summed E-state index contributed by atoms with van der Waals surface area (Å²) in [4.78, 5) is 2.14. The molecule has 17 heavy (non-hydrogen) atoms. The van der Waals surface area contributed by atoms with Crippen LogP contribution in [0.15, 0.2) is 6.07 Å². The van der Waals surface area contributed by atoms with Gasteiger partial charge in [0.05, 0.1) is 5.56 Å². The number of alkyl halides is 6. The van der Waals surface area contributed by atoms with Crippen LogP contribution in [-0.2, 0) is 12.4 Å². The molecule has 0 saturated carbocycles. The lowest BCUT2D eigenvalue weighted by atomic mass is 10.1. The molecule has 92 valence electrons. The minimum absolute atomic E-state index is 0.140. The largest absolute Gasteiger partial charge is 0.436 e. The topological polar surface area (TPSA) is 36.7 Å². The maximum atomic E-state index is 12.8. The van der Waals surface area contributed by atoms with Crippen molar-refractivity contribution in [2.75, 3.05) is 0 Å². The Morgan fingerprint density at radius 2 is 1.47 bits per heavy atom. The van der Waals surface area contributed by atoms with Gasteiger partial charge in [0.1, 0.15) is 6.07 Å². The molecule has 0 aliphatic carbocycles. The second-order valence-electron chi connectivity index (χ2n) is 2.82. The minimum Gasteiger partial charge on any atom is -0.234 e. The smallest absolute Gasteiger partial charge is 0.234 e. The maximum absolute atomic E-state index is 12.8. The van der Waals surface area contributed by atoms with Crippen molar-refractivity contribution < 1.29 is 30.7 Å². The van der Waals surface area contributed by atoms with E-state index in [-0.39, 0.29) is 6.07 Å². The molecule has 0 unspecified atom stereocenters. The Morgan fingerprint density at radius 3 is 1.82 bits per heavy atom. The van der Waals surface area contributed by atoms with Gasteiger partial charge in [-0.15, -0.1) is 0 Å². The van der Waals surface area contributed by atoms with Crippen LogP contribution in [0.3, 0.4) is 0 Å². The van der Waals surface area contributed by atoms with Gasteiger partial charge in [-0.1, -0.05) is 0 Å². The van der Waals surface area contributed by atoms with E-state index in [9.17, 15) is 30.7 Å². The molecule has 0 bridgehead atoms. The van der Waals surface area contributed by atoms with Crippen LogP contribution in [0.2, 0.25) is 0 Å². The van der Waals surface area contributed by atoms with Crippen molar-refractivity contribution in [3.8, 4) is 6.07 Å². The molecule has 0 fully saturated rings. The average Bonchev–Trinajstić information content (AvgIpc) is 2.13. The predicted octanol–water partition coefficient (Wildman–Crippen LogP) is 3.13.